The zero-order chi connectivity index (χ0) is 17.9. The van der Waals surface area contributed by atoms with Crippen molar-refractivity contribution in [2.45, 2.75) is 25.3 Å². The molecule has 1 unspecified atom stereocenters. The number of nitrogens with one attached hydrogen (secondary N) is 1. The summed E-state index contributed by atoms with van der Waals surface area (Å²) in [5, 5.41) is 2.45. The summed E-state index contributed by atoms with van der Waals surface area (Å²) in [6.45, 7) is 7.13. The van der Waals surface area contributed by atoms with Crippen LogP contribution < -0.4 is 5.32 Å². The van der Waals surface area contributed by atoms with Crippen LogP contribution in [-0.2, 0) is 23.9 Å². The van der Waals surface area contributed by atoms with E-state index in [4.69, 9.17) is 9.47 Å². The standard InChI is InChI=1S/C17H18BrNO5/c1-4-23-15(21)17(16(22)24-5-2)13(10(3)14(20)19-17)11-6-8-12(18)9-7-11/h6-9,13H,3-5H2,1-2H3,(H,19,20). The van der Waals surface area contributed by atoms with Crippen molar-refractivity contribution in [1.82, 2.24) is 5.32 Å². The summed E-state index contributed by atoms with van der Waals surface area (Å²) < 4.78 is 11.0. The predicted octanol–water partition coefficient (Wildman–Crippen LogP) is 2.08. The summed E-state index contributed by atoms with van der Waals surface area (Å²) in [4.78, 5) is 37.5. The summed E-state index contributed by atoms with van der Waals surface area (Å²) >= 11 is 3.33. The molecule has 0 bridgehead atoms. The van der Waals surface area contributed by atoms with Crippen molar-refractivity contribution in [1.29, 1.82) is 0 Å². The Balaban J connectivity index is 2.62. The van der Waals surface area contributed by atoms with E-state index in [2.05, 4.69) is 27.8 Å². The fourth-order valence-electron chi connectivity index (χ4n) is 2.74. The Hall–Kier alpha value is -2.15. The van der Waals surface area contributed by atoms with E-state index in [-0.39, 0.29) is 18.8 Å². The van der Waals surface area contributed by atoms with E-state index in [0.717, 1.165) is 4.47 Å². The molecule has 2 rings (SSSR count). The summed E-state index contributed by atoms with van der Waals surface area (Å²) in [5.41, 5.74) is -1.27. The Morgan fingerprint density at radius 2 is 1.67 bits per heavy atom. The molecule has 0 aromatic heterocycles. The van der Waals surface area contributed by atoms with Crippen LogP contribution in [0.3, 0.4) is 0 Å². The van der Waals surface area contributed by atoms with Gasteiger partial charge in [0.15, 0.2) is 0 Å². The molecule has 0 saturated carbocycles. The summed E-state index contributed by atoms with van der Waals surface area (Å²) in [5.74, 6) is -3.20. The van der Waals surface area contributed by atoms with E-state index in [1.54, 1.807) is 38.1 Å². The summed E-state index contributed by atoms with van der Waals surface area (Å²) in [7, 11) is 0. The highest BCUT2D eigenvalue weighted by atomic mass is 79.9. The number of amides is 1. The molecule has 0 spiro atoms. The molecule has 24 heavy (non-hydrogen) atoms. The number of carbonyl (C=O) groups is 3. The highest BCUT2D eigenvalue weighted by Crippen LogP contribution is 2.41. The first-order valence-corrected chi connectivity index (χ1v) is 8.29. The third kappa shape index (κ3) is 2.96. The van der Waals surface area contributed by atoms with Gasteiger partial charge in [0.2, 0.25) is 11.4 Å². The Kier molecular flexibility index (Phi) is 5.43. The smallest absolute Gasteiger partial charge is 0.344 e. The molecule has 1 heterocycles. The second-order valence-electron chi connectivity index (χ2n) is 5.21. The number of benzene rings is 1. The molecule has 0 aliphatic carbocycles. The molecule has 1 aromatic carbocycles. The molecule has 6 nitrogen and oxygen atoms in total. The van der Waals surface area contributed by atoms with Gasteiger partial charge in [-0.2, -0.15) is 0 Å². The second-order valence-corrected chi connectivity index (χ2v) is 6.13. The number of ether oxygens (including phenoxy) is 2. The third-order valence-corrected chi connectivity index (χ3v) is 4.31. The maximum atomic E-state index is 12.6. The van der Waals surface area contributed by atoms with Gasteiger partial charge in [-0.25, -0.2) is 9.59 Å². The second kappa shape index (κ2) is 7.17. The quantitative estimate of drug-likeness (QED) is 0.468. The minimum Gasteiger partial charge on any atom is -0.464 e. The lowest BCUT2D eigenvalue weighted by atomic mass is 9.78. The molecule has 1 fully saturated rings. The van der Waals surface area contributed by atoms with Crippen molar-refractivity contribution >= 4 is 33.8 Å². The molecule has 1 N–H and O–H groups in total. The van der Waals surface area contributed by atoms with E-state index < -0.39 is 29.3 Å². The Morgan fingerprint density at radius 3 is 2.12 bits per heavy atom. The molecule has 1 aliphatic heterocycles. The first-order valence-electron chi connectivity index (χ1n) is 7.49. The van der Waals surface area contributed by atoms with Crippen molar-refractivity contribution in [2.24, 2.45) is 0 Å². The third-order valence-electron chi connectivity index (χ3n) is 3.78. The zero-order valence-corrected chi connectivity index (χ0v) is 15.0. The maximum Gasteiger partial charge on any atom is 0.344 e. The molecule has 0 radical (unpaired) electrons. The lowest BCUT2D eigenvalue weighted by Gasteiger charge is -2.30. The number of hydrogen-bond donors (Lipinski definition) is 1. The topological polar surface area (TPSA) is 81.7 Å². The van der Waals surface area contributed by atoms with Crippen LogP contribution in [0.25, 0.3) is 0 Å². The van der Waals surface area contributed by atoms with Gasteiger partial charge in [0, 0.05) is 10.0 Å². The molecule has 1 amide bonds. The summed E-state index contributed by atoms with van der Waals surface area (Å²) in [6, 6.07) is 6.94. The average molecular weight is 396 g/mol. The normalized spacial score (nSPS) is 18.9. The Labute approximate surface area is 148 Å². The van der Waals surface area contributed by atoms with Gasteiger partial charge in [0.25, 0.3) is 0 Å². The molecule has 7 heteroatoms. The van der Waals surface area contributed by atoms with Crippen molar-refractivity contribution in [2.75, 3.05) is 13.2 Å². The number of carbonyl (C=O) groups excluding carboxylic acids is 3. The molecular formula is C17H18BrNO5. The van der Waals surface area contributed by atoms with Crippen molar-refractivity contribution in [3.05, 3.63) is 46.5 Å². The molecule has 1 saturated heterocycles. The van der Waals surface area contributed by atoms with Gasteiger partial charge in [-0.1, -0.05) is 34.6 Å². The number of halogens is 1. The Morgan fingerprint density at radius 1 is 1.17 bits per heavy atom. The largest absolute Gasteiger partial charge is 0.464 e. The number of hydrogen-bond acceptors (Lipinski definition) is 5. The van der Waals surface area contributed by atoms with Gasteiger partial charge in [-0.15, -0.1) is 0 Å². The number of esters is 2. The molecule has 1 atom stereocenters. The molecule has 128 valence electrons. The first-order chi connectivity index (χ1) is 11.4. The molecule has 1 aromatic rings. The van der Waals surface area contributed by atoms with Crippen LogP contribution in [0.1, 0.15) is 25.3 Å². The van der Waals surface area contributed by atoms with Crippen LogP contribution in [0.2, 0.25) is 0 Å². The van der Waals surface area contributed by atoms with Crippen LogP contribution in [0.5, 0.6) is 0 Å². The van der Waals surface area contributed by atoms with Gasteiger partial charge in [-0.05, 0) is 31.5 Å². The van der Waals surface area contributed by atoms with E-state index in [0.29, 0.717) is 5.56 Å². The fourth-order valence-corrected chi connectivity index (χ4v) is 3.01. The van der Waals surface area contributed by atoms with Gasteiger partial charge >= 0.3 is 11.9 Å². The van der Waals surface area contributed by atoms with E-state index in [1.807, 2.05) is 0 Å². The maximum absolute atomic E-state index is 12.6. The monoisotopic (exact) mass is 395 g/mol. The summed E-state index contributed by atoms with van der Waals surface area (Å²) in [6.07, 6.45) is 0. The number of rotatable bonds is 5. The molecular weight excluding hydrogens is 378 g/mol. The molecule has 1 aliphatic rings. The van der Waals surface area contributed by atoms with Gasteiger partial charge in [0.05, 0.1) is 19.1 Å². The van der Waals surface area contributed by atoms with Gasteiger partial charge in [-0.3, -0.25) is 4.79 Å². The lowest BCUT2D eigenvalue weighted by molar-refractivity contribution is -0.166. The predicted molar refractivity (Wildman–Crippen MR) is 90.2 cm³/mol. The van der Waals surface area contributed by atoms with Crippen molar-refractivity contribution in [3.8, 4) is 0 Å². The highest BCUT2D eigenvalue weighted by molar-refractivity contribution is 9.10. The van der Waals surface area contributed by atoms with Gasteiger partial charge in [0.1, 0.15) is 0 Å². The van der Waals surface area contributed by atoms with Crippen LogP contribution in [0.15, 0.2) is 40.9 Å². The van der Waals surface area contributed by atoms with Crippen molar-refractivity contribution < 1.29 is 23.9 Å². The van der Waals surface area contributed by atoms with Crippen LogP contribution in [0.4, 0.5) is 0 Å². The van der Waals surface area contributed by atoms with Crippen LogP contribution in [0, 0.1) is 0 Å². The van der Waals surface area contributed by atoms with Gasteiger partial charge < -0.3 is 14.8 Å². The lowest BCUT2D eigenvalue weighted by Crippen LogP contribution is -2.59. The van der Waals surface area contributed by atoms with E-state index >= 15 is 0 Å². The fraction of sp³-hybridized carbons (Fsp3) is 0.353. The average Bonchev–Trinajstić information content (AvgIpc) is 2.82. The van der Waals surface area contributed by atoms with Crippen LogP contribution >= 0.6 is 15.9 Å². The van der Waals surface area contributed by atoms with E-state index in [1.165, 1.54) is 0 Å². The SMILES string of the molecule is C=C1C(=O)NC(C(=O)OCC)(C(=O)OCC)C1c1ccc(Br)cc1. The first kappa shape index (κ1) is 18.2. The minimum absolute atomic E-state index is 0.0649. The van der Waals surface area contributed by atoms with E-state index in [9.17, 15) is 14.4 Å². The van der Waals surface area contributed by atoms with Crippen molar-refractivity contribution in [3.63, 3.8) is 0 Å². The minimum atomic E-state index is -1.96. The Bertz CT molecular complexity index is 665. The zero-order valence-electron chi connectivity index (χ0n) is 13.4. The van der Waals surface area contributed by atoms with Crippen LogP contribution in [-0.4, -0.2) is 36.6 Å². The highest BCUT2D eigenvalue weighted by Gasteiger charge is 2.62.